The van der Waals surface area contributed by atoms with Crippen molar-refractivity contribution in [2.24, 2.45) is 0 Å². The average molecular weight is 282 g/mol. The van der Waals surface area contributed by atoms with Crippen molar-refractivity contribution in [3.05, 3.63) is 29.3 Å². The van der Waals surface area contributed by atoms with Gasteiger partial charge in [-0.2, -0.15) is 0 Å². The van der Waals surface area contributed by atoms with Crippen LogP contribution in [0.5, 0.6) is 5.75 Å². The highest BCUT2D eigenvalue weighted by atomic mass is 35.5. The van der Waals surface area contributed by atoms with E-state index in [0.717, 1.165) is 25.8 Å². The second kappa shape index (κ2) is 9.69. The van der Waals surface area contributed by atoms with Gasteiger partial charge >= 0.3 is 0 Å². The van der Waals surface area contributed by atoms with Crippen molar-refractivity contribution in [3.63, 3.8) is 0 Å². The number of aliphatic hydroxyl groups excluding tert-OH is 1. The minimum Gasteiger partial charge on any atom is -0.491 e. The fourth-order valence-corrected chi connectivity index (χ4v) is 1.73. The van der Waals surface area contributed by atoms with Crippen LogP contribution >= 0.6 is 11.6 Å². The van der Waals surface area contributed by atoms with Crippen molar-refractivity contribution in [2.45, 2.75) is 25.4 Å². The zero-order valence-electron chi connectivity index (χ0n) is 10.9. The number of terminal acetylenes is 1. The first-order chi connectivity index (χ1) is 9.22. The van der Waals surface area contributed by atoms with Crippen LogP contribution in [0.15, 0.2) is 24.3 Å². The Balaban J connectivity index is 2.08. The lowest BCUT2D eigenvalue weighted by molar-refractivity contribution is 0.106. The molecule has 0 aliphatic rings. The third-order valence-corrected chi connectivity index (χ3v) is 2.78. The van der Waals surface area contributed by atoms with Crippen LogP contribution in [-0.2, 0) is 0 Å². The monoisotopic (exact) mass is 281 g/mol. The van der Waals surface area contributed by atoms with E-state index in [1.165, 1.54) is 0 Å². The topological polar surface area (TPSA) is 41.5 Å². The summed E-state index contributed by atoms with van der Waals surface area (Å²) in [6, 6.07) is 7.13. The maximum atomic E-state index is 9.73. The summed E-state index contributed by atoms with van der Waals surface area (Å²) in [5.74, 6) is 3.27. The number of aliphatic hydroxyl groups is 1. The number of halogens is 1. The molecule has 4 heteroatoms. The first-order valence-electron chi connectivity index (χ1n) is 6.43. The molecule has 2 N–H and O–H groups in total. The predicted octanol–water partition coefficient (Wildman–Crippen LogP) is 2.47. The van der Waals surface area contributed by atoms with E-state index in [-0.39, 0.29) is 6.61 Å². The highest BCUT2D eigenvalue weighted by Gasteiger charge is 2.04. The van der Waals surface area contributed by atoms with E-state index in [2.05, 4.69) is 11.2 Å². The fraction of sp³-hybridized carbons (Fsp3) is 0.467. The quantitative estimate of drug-likeness (QED) is 0.540. The smallest absolute Gasteiger partial charge is 0.120 e. The molecular formula is C15H20ClNO2. The fourth-order valence-electron chi connectivity index (χ4n) is 1.55. The van der Waals surface area contributed by atoms with Gasteiger partial charge in [0, 0.05) is 18.0 Å². The molecule has 0 saturated heterocycles. The van der Waals surface area contributed by atoms with Gasteiger partial charge in [0.05, 0.1) is 0 Å². The van der Waals surface area contributed by atoms with Crippen LogP contribution in [0.1, 0.15) is 19.3 Å². The van der Waals surface area contributed by atoms with Crippen molar-refractivity contribution in [1.29, 1.82) is 0 Å². The number of hydrogen-bond acceptors (Lipinski definition) is 3. The molecule has 0 aliphatic heterocycles. The van der Waals surface area contributed by atoms with Crippen LogP contribution in [0.4, 0.5) is 0 Å². The van der Waals surface area contributed by atoms with Gasteiger partial charge in [0.25, 0.3) is 0 Å². The number of nitrogens with one attached hydrogen (secondary N) is 1. The van der Waals surface area contributed by atoms with Crippen molar-refractivity contribution in [3.8, 4) is 18.1 Å². The Labute approximate surface area is 119 Å². The Morgan fingerprint density at radius 2 is 2.26 bits per heavy atom. The molecule has 1 unspecified atom stereocenters. The van der Waals surface area contributed by atoms with E-state index >= 15 is 0 Å². The Hall–Kier alpha value is -1.21. The minimum absolute atomic E-state index is 0.248. The van der Waals surface area contributed by atoms with Crippen LogP contribution < -0.4 is 10.1 Å². The van der Waals surface area contributed by atoms with Crippen molar-refractivity contribution in [1.82, 2.24) is 5.32 Å². The highest BCUT2D eigenvalue weighted by Crippen LogP contribution is 2.17. The molecule has 1 aromatic rings. The lowest BCUT2D eigenvalue weighted by Crippen LogP contribution is -2.32. The van der Waals surface area contributed by atoms with E-state index in [9.17, 15) is 5.11 Å². The molecule has 0 aromatic heterocycles. The molecule has 1 atom stereocenters. The van der Waals surface area contributed by atoms with Gasteiger partial charge in [-0.15, -0.1) is 12.3 Å². The third kappa shape index (κ3) is 7.74. The van der Waals surface area contributed by atoms with Crippen molar-refractivity contribution in [2.75, 3.05) is 19.7 Å². The molecule has 0 saturated carbocycles. The maximum absolute atomic E-state index is 9.73. The van der Waals surface area contributed by atoms with E-state index < -0.39 is 6.10 Å². The largest absolute Gasteiger partial charge is 0.491 e. The normalized spacial score (nSPS) is 11.8. The van der Waals surface area contributed by atoms with Gasteiger partial charge in [-0.25, -0.2) is 0 Å². The van der Waals surface area contributed by atoms with Gasteiger partial charge in [-0.05, 0) is 37.6 Å². The predicted molar refractivity (Wildman–Crippen MR) is 78.5 cm³/mol. The maximum Gasteiger partial charge on any atom is 0.120 e. The van der Waals surface area contributed by atoms with Gasteiger partial charge in [0.1, 0.15) is 18.5 Å². The molecule has 3 nitrogen and oxygen atoms in total. The van der Waals surface area contributed by atoms with Gasteiger partial charge in [-0.1, -0.05) is 17.7 Å². The number of ether oxygens (including phenoxy) is 1. The van der Waals surface area contributed by atoms with Crippen LogP contribution in [0.2, 0.25) is 5.02 Å². The standard InChI is InChI=1S/C15H20ClNO2/c1-2-3-4-5-9-17-11-14(18)12-19-15-8-6-7-13(16)10-15/h1,6-8,10,14,17-18H,3-5,9,11-12H2. The van der Waals surface area contributed by atoms with Crippen molar-refractivity contribution < 1.29 is 9.84 Å². The molecule has 0 radical (unpaired) electrons. The molecule has 0 heterocycles. The molecule has 0 aliphatic carbocycles. The molecular weight excluding hydrogens is 262 g/mol. The number of hydrogen-bond donors (Lipinski definition) is 2. The Morgan fingerprint density at radius 1 is 1.42 bits per heavy atom. The van der Waals surface area contributed by atoms with Crippen molar-refractivity contribution >= 4 is 11.6 Å². The van der Waals surface area contributed by atoms with Gasteiger partial charge in [-0.3, -0.25) is 0 Å². The average Bonchev–Trinajstić information content (AvgIpc) is 2.40. The summed E-state index contributed by atoms with van der Waals surface area (Å²) in [5, 5.41) is 13.5. The van der Waals surface area contributed by atoms with E-state index in [1.54, 1.807) is 12.1 Å². The molecule has 0 bridgehead atoms. The first kappa shape index (κ1) is 15.8. The molecule has 1 rings (SSSR count). The molecule has 1 aromatic carbocycles. The summed E-state index contributed by atoms with van der Waals surface area (Å²) in [5.41, 5.74) is 0. The van der Waals surface area contributed by atoms with Gasteiger partial charge < -0.3 is 15.2 Å². The second-order valence-electron chi connectivity index (χ2n) is 4.29. The van der Waals surface area contributed by atoms with Gasteiger partial charge in [0.2, 0.25) is 0 Å². The third-order valence-electron chi connectivity index (χ3n) is 2.54. The summed E-state index contributed by atoms with van der Waals surface area (Å²) < 4.78 is 5.44. The van der Waals surface area contributed by atoms with Crippen LogP contribution in [0.3, 0.4) is 0 Å². The lowest BCUT2D eigenvalue weighted by atomic mass is 10.2. The van der Waals surface area contributed by atoms with Crippen LogP contribution in [-0.4, -0.2) is 30.9 Å². The number of unbranched alkanes of at least 4 members (excludes halogenated alkanes) is 2. The molecule has 0 fully saturated rings. The number of benzene rings is 1. The molecule has 0 spiro atoms. The van der Waals surface area contributed by atoms with E-state index in [1.807, 2.05) is 12.1 Å². The minimum atomic E-state index is -0.536. The summed E-state index contributed by atoms with van der Waals surface area (Å²) in [6.07, 6.45) is 7.47. The zero-order valence-corrected chi connectivity index (χ0v) is 11.7. The van der Waals surface area contributed by atoms with Gasteiger partial charge in [0.15, 0.2) is 0 Å². The summed E-state index contributed by atoms with van der Waals surface area (Å²) in [6.45, 7) is 1.62. The van der Waals surface area contributed by atoms with E-state index in [4.69, 9.17) is 22.8 Å². The summed E-state index contributed by atoms with van der Waals surface area (Å²) >= 11 is 5.84. The Bertz CT molecular complexity index is 403. The second-order valence-corrected chi connectivity index (χ2v) is 4.72. The van der Waals surface area contributed by atoms with Crippen LogP contribution in [0.25, 0.3) is 0 Å². The van der Waals surface area contributed by atoms with E-state index in [0.29, 0.717) is 17.3 Å². The highest BCUT2D eigenvalue weighted by molar-refractivity contribution is 6.30. The summed E-state index contributed by atoms with van der Waals surface area (Å²) in [4.78, 5) is 0. The Kier molecular flexibility index (Phi) is 8.08. The molecule has 104 valence electrons. The first-order valence-corrected chi connectivity index (χ1v) is 6.81. The summed E-state index contributed by atoms with van der Waals surface area (Å²) in [7, 11) is 0. The number of rotatable bonds is 9. The lowest BCUT2D eigenvalue weighted by Gasteiger charge is -2.13. The Morgan fingerprint density at radius 3 is 3.00 bits per heavy atom. The zero-order chi connectivity index (χ0) is 13.9. The SMILES string of the molecule is C#CCCCCNCC(O)COc1cccc(Cl)c1. The molecule has 0 amide bonds. The van der Waals surface area contributed by atoms with Crippen LogP contribution in [0, 0.1) is 12.3 Å². The molecule has 19 heavy (non-hydrogen) atoms.